The number of hydrogen-bond acceptors (Lipinski definition) is 3. The molecule has 1 unspecified atom stereocenters. The maximum absolute atomic E-state index is 9.38. The molecule has 2 rings (SSSR count). The van der Waals surface area contributed by atoms with E-state index in [-0.39, 0.29) is 0 Å². The molecule has 0 aliphatic heterocycles. The smallest absolute Gasteiger partial charge is 0.119 e. The molecular weight excluding hydrogens is 260 g/mol. The standard InChI is InChI=1S/C18H26N2O/c1-3-18(14-19,20-4-2)11-6-12-21-17-10-9-15-7-5-8-16(15)13-17/h9-10,13,20H,3-8,11-12H2,1-2H3. The quantitative estimate of drug-likeness (QED) is 0.742. The minimum Gasteiger partial charge on any atom is -0.494 e. The van der Waals surface area contributed by atoms with Crippen molar-refractivity contribution in [3.63, 3.8) is 0 Å². The van der Waals surface area contributed by atoms with Crippen molar-refractivity contribution < 1.29 is 4.74 Å². The molecule has 3 heteroatoms. The van der Waals surface area contributed by atoms with Gasteiger partial charge < -0.3 is 4.74 Å². The first-order chi connectivity index (χ1) is 10.2. The fourth-order valence-corrected chi connectivity index (χ4v) is 3.10. The number of fused-ring (bicyclic) bond motifs is 1. The highest BCUT2D eigenvalue weighted by atomic mass is 16.5. The molecular formula is C18H26N2O. The van der Waals surface area contributed by atoms with Crippen LogP contribution in [0.3, 0.4) is 0 Å². The summed E-state index contributed by atoms with van der Waals surface area (Å²) in [6, 6.07) is 8.89. The van der Waals surface area contributed by atoms with Crippen LogP contribution in [0, 0.1) is 11.3 Å². The zero-order chi connectivity index (χ0) is 15.1. The number of aryl methyl sites for hydroxylation is 2. The molecule has 0 fully saturated rings. The first kappa shape index (κ1) is 15.9. The fourth-order valence-electron chi connectivity index (χ4n) is 3.10. The predicted molar refractivity (Wildman–Crippen MR) is 85.5 cm³/mol. The van der Waals surface area contributed by atoms with Gasteiger partial charge in [0.15, 0.2) is 0 Å². The van der Waals surface area contributed by atoms with Gasteiger partial charge in [-0.25, -0.2) is 0 Å². The number of rotatable bonds is 8. The molecule has 0 amide bonds. The Morgan fingerprint density at radius 1 is 1.29 bits per heavy atom. The summed E-state index contributed by atoms with van der Waals surface area (Å²) in [5, 5.41) is 12.7. The summed E-state index contributed by atoms with van der Waals surface area (Å²) in [6.07, 6.45) is 6.21. The van der Waals surface area contributed by atoms with Crippen molar-refractivity contribution in [2.45, 2.75) is 57.9 Å². The summed E-state index contributed by atoms with van der Waals surface area (Å²) in [6.45, 7) is 5.61. The Hall–Kier alpha value is -1.53. The van der Waals surface area contributed by atoms with Gasteiger partial charge in [-0.05, 0) is 68.3 Å². The van der Waals surface area contributed by atoms with Gasteiger partial charge in [0.1, 0.15) is 11.3 Å². The van der Waals surface area contributed by atoms with Crippen molar-refractivity contribution in [3.8, 4) is 11.8 Å². The van der Waals surface area contributed by atoms with Gasteiger partial charge in [0, 0.05) is 0 Å². The second-order valence-electron chi connectivity index (χ2n) is 5.81. The summed E-state index contributed by atoms with van der Waals surface area (Å²) in [7, 11) is 0. The van der Waals surface area contributed by atoms with Crippen LogP contribution in [0.5, 0.6) is 5.75 Å². The topological polar surface area (TPSA) is 45.0 Å². The Balaban J connectivity index is 1.80. The zero-order valence-corrected chi connectivity index (χ0v) is 13.2. The molecule has 1 atom stereocenters. The molecule has 114 valence electrons. The highest BCUT2D eigenvalue weighted by molar-refractivity contribution is 5.38. The average molecular weight is 286 g/mol. The Labute approximate surface area is 128 Å². The first-order valence-corrected chi connectivity index (χ1v) is 8.14. The molecule has 21 heavy (non-hydrogen) atoms. The van der Waals surface area contributed by atoms with Crippen LogP contribution in [-0.4, -0.2) is 18.7 Å². The molecule has 1 aliphatic carbocycles. The third kappa shape index (κ3) is 3.98. The van der Waals surface area contributed by atoms with Crippen molar-refractivity contribution in [2.75, 3.05) is 13.2 Å². The van der Waals surface area contributed by atoms with Crippen LogP contribution in [0.1, 0.15) is 50.7 Å². The molecule has 1 aromatic rings. The Bertz CT molecular complexity index is 506. The Morgan fingerprint density at radius 2 is 2.10 bits per heavy atom. The lowest BCUT2D eigenvalue weighted by Gasteiger charge is -2.26. The largest absolute Gasteiger partial charge is 0.494 e. The molecule has 3 nitrogen and oxygen atoms in total. The minimum atomic E-state index is -0.393. The monoisotopic (exact) mass is 286 g/mol. The van der Waals surface area contributed by atoms with Crippen molar-refractivity contribution in [1.82, 2.24) is 5.32 Å². The first-order valence-electron chi connectivity index (χ1n) is 8.14. The molecule has 1 aliphatic rings. The lowest BCUT2D eigenvalue weighted by atomic mass is 9.92. The van der Waals surface area contributed by atoms with Gasteiger partial charge in [0.25, 0.3) is 0 Å². The summed E-state index contributed by atoms with van der Waals surface area (Å²) < 4.78 is 5.86. The lowest BCUT2D eigenvalue weighted by molar-refractivity contribution is 0.277. The maximum Gasteiger partial charge on any atom is 0.119 e. The molecule has 1 N–H and O–H groups in total. The van der Waals surface area contributed by atoms with Crippen molar-refractivity contribution in [3.05, 3.63) is 29.3 Å². The summed E-state index contributed by atoms with van der Waals surface area (Å²) in [5.41, 5.74) is 2.53. The van der Waals surface area contributed by atoms with E-state index >= 15 is 0 Å². The molecule has 0 radical (unpaired) electrons. The second-order valence-corrected chi connectivity index (χ2v) is 5.81. The van der Waals surface area contributed by atoms with Gasteiger partial charge in [-0.2, -0.15) is 5.26 Å². The average Bonchev–Trinajstić information content (AvgIpc) is 2.98. The number of nitrogens with one attached hydrogen (secondary N) is 1. The fraction of sp³-hybridized carbons (Fsp3) is 0.611. The normalized spacial score (nSPS) is 16.0. The third-order valence-electron chi connectivity index (χ3n) is 4.42. The summed E-state index contributed by atoms with van der Waals surface area (Å²) in [4.78, 5) is 0. The number of ether oxygens (including phenoxy) is 1. The van der Waals surface area contributed by atoms with Crippen LogP contribution < -0.4 is 10.1 Å². The molecule has 0 heterocycles. The predicted octanol–water partition coefficient (Wildman–Crippen LogP) is 3.62. The van der Waals surface area contributed by atoms with Gasteiger partial charge in [0.2, 0.25) is 0 Å². The van der Waals surface area contributed by atoms with Crippen LogP contribution in [0.25, 0.3) is 0 Å². The highest BCUT2D eigenvalue weighted by Gasteiger charge is 2.25. The maximum atomic E-state index is 9.38. The molecule has 0 saturated carbocycles. The van der Waals surface area contributed by atoms with Gasteiger partial charge in [-0.15, -0.1) is 0 Å². The minimum absolute atomic E-state index is 0.393. The SMILES string of the molecule is CCNC(C#N)(CC)CCCOc1ccc2c(c1)CCC2. The highest BCUT2D eigenvalue weighted by Crippen LogP contribution is 2.26. The van der Waals surface area contributed by atoms with E-state index in [2.05, 4.69) is 36.5 Å². The van der Waals surface area contributed by atoms with E-state index in [9.17, 15) is 5.26 Å². The van der Waals surface area contributed by atoms with Crippen molar-refractivity contribution in [2.24, 2.45) is 0 Å². The molecule has 0 bridgehead atoms. The van der Waals surface area contributed by atoms with E-state index in [1.54, 1.807) is 0 Å². The van der Waals surface area contributed by atoms with E-state index in [0.29, 0.717) is 6.61 Å². The Morgan fingerprint density at radius 3 is 2.81 bits per heavy atom. The van der Waals surface area contributed by atoms with E-state index in [0.717, 1.165) is 31.6 Å². The van der Waals surface area contributed by atoms with E-state index in [1.807, 2.05) is 6.92 Å². The lowest BCUT2D eigenvalue weighted by Crippen LogP contribution is -2.43. The van der Waals surface area contributed by atoms with E-state index in [4.69, 9.17) is 4.74 Å². The second kappa shape index (κ2) is 7.47. The van der Waals surface area contributed by atoms with E-state index in [1.165, 1.54) is 30.4 Å². The third-order valence-corrected chi connectivity index (χ3v) is 4.42. The van der Waals surface area contributed by atoms with Gasteiger partial charge in [0.05, 0.1) is 12.7 Å². The van der Waals surface area contributed by atoms with E-state index < -0.39 is 5.54 Å². The van der Waals surface area contributed by atoms with Crippen LogP contribution in [-0.2, 0) is 12.8 Å². The number of nitrogens with zero attached hydrogens (tertiary/aromatic N) is 1. The van der Waals surface area contributed by atoms with Crippen LogP contribution >= 0.6 is 0 Å². The molecule has 1 aromatic carbocycles. The molecule has 0 saturated heterocycles. The Kier molecular flexibility index (Phi) is 5.64. The van der Waals surface area contributed by atoms with Gasteiger partial charge in [-0.3, -0.25) is 5.32 Å². The number of nitriles is 1. The zero-order valence-electron chi connectivity index (χ0n) is 13.2. The van der Waals surface area contributed by atoms with Crippen molar-refractivity contribution in [1.29, 1.82) is 5.26 Å². The van der Waals surface area contributed by atoms with Crippen LogP contribution in [0.4, 0.5) is 0 Å². The molecule has 0 aromatic heterocycles. The number of hydrogen-bond donors (Lipinski definition) is 1. The van der Waals surface area contributed by atoms with Crippen molar-refractivity contribution >= 4 is 0 Å². The molecule has 0 spiro atoms. The van der Waals surface area contributed by atoms with Gasteiger partial charge >= 0.3 is 0 Å². The van der Waals surface area contributed by atoms with Crippen LogP contribution in [0.15, 0.2) is 18.2 Å². The van der Waals surface area contributed by atoms with Gasteiger partial charge in [-0.1, -0.05) is 19.9 Å². The van der Waals surface area contributed by atoms with Crippen LogP contribution in [0.2, 0.25) is 0 Å². The summed E-state index contributed by atoms with van der Waals surface area (Å²) >= 11 is 0. The summed E-state index contributed by atoms with van der Waals surface area (Å²) in [5.74, 6) is 0.971. The number of benzene rings is 1.